The third kappa shape index (κ3) is 3.14. The molecule has 0 aromatic heterocycles. The summed E-state index contributed by atoms with van der Waals surface area (Å²) in [7, 11) is 0. The van der Waals surface area contributed by atoms with Gasteiger partial charge in [-0.2, -0.15) is 0 Å². The summed E-state index contributed by atoms with van der Waals surface area (Å²) in [5, 5.41) is 18.8. The first kappa shape index (κ1) is 17.5. The van der Waals surface area contributed by atoms with Gasteiger partial charge in [-0.3, -0.25) is 4.79 Å². The summed E-state index contributed by atoms with van der Waals surface area (Å²) in [5.41, 5.74) is 11.2. The van der Waals surface area contributed by atoms with Crippen LogP contribution >= 0.6 is 0 Å². The summed E-state index contributed by atoms with van der Waals surface area (Å²) in [6.07, 6.45) is 5.41. The molecule has 4 N–H and O–H groups in total. The summed E-state index contributed by atoms with van der Waals surface area (Å²) in [6.45, 7) is 1.90. The molecular formula is C19H23NO5. The first-order valence-corrected chi connectivity index (χ1v) is 8.55. The zero-order chi connectivity index (χ0) is 18.1. The number of anilines is 1. The number of ether oxygens (including phenoxy) is 1. The highest BCUT2D eigenvalue weighted by Crippen LogP contribution is 2.37. The molecule has 0 radical (unpaired) electrons. The Hall–Kier alpha value is -2.34. The van der Waals surface area contributed by atoms with Crippen LogP contribution in [-0.2, 0) is 29.2 Å². The van der Waals surface area contributed by atoms with Gasteiger partial charge in [-0.25, -0.2) is 4.79 Å². The largest absolute Gasteiger partial charge is 0.481 e. The van der Waals surface area contributed by atoms with Gasteiger partial charge in [-0.15, -0.1) is 0 Å². The number of benzene rings is 1. The fourth-order valence-electron chi connectivity index (χ4n) is 4.03. The lowest BCUT2D eigenvalue weighted by Crippen LogP contribution is -2.10. The van der Waals surface area contributed by atoms with Crippen molar-refractivity contribution in [3.05, 3.63) is 39.5 Å². The van der Waals surface area contributed by atoms with Gasteiger partial charge in [0.05, 0.1) is 24.3 Å². The molecule has 0 saturated heterocycles. The van der Waals surface area contributed by atoms with Crippen molar-refractivity contribution in [1.82, 2.24) is 0 Å². The number of nitrogens with two attached hydrogens (primary N) is 1. The third-order valence-corrected chi connectivity index (χ3v) is 5.41. The van der Waals surface area contributed by atoms with E-state index < -0.39 is 11.9 Å². The molecule has 1 atom stereocenters. The number of esters is 1. The number of rotatable bonds is 5. The maximum atomic E-state index is 12.0. The van der Waals surface area contributed by atoms with Gasteiger partial charge in [0, 0.05) is 5.56 Å². The van der Waals surface area contributed by atoms with Gasteiger partial charge in [0.1, 0.15) is 6.61 Å². The van der Waals surface area contributed by atoms with E-state index in [2.05, 4.69) is 0 Å². The van der Waals surface area contributed by atoms with Crippen LogP contribution in [0.5, 0.6) is 0 Å². The zero-order valence-corrected chi connectivity index (χ0v) is 14.3. The minimum absolute atomic E-state index is 0.0665. The van der Waals surface area contributed by atoms with E-state index in [0.29, 0.717) is 17.7 Å². The van der Waals surface area contributed by atoms with Crippen molar-refractivity contribution >= 4 is 17.6 Å². The number of aliphatic hydroxyl groups excluding tert-OH is 1. The van der Waals surface area contributed by atoms with Crippen LogP contribution in [0.25, 0.3) is 0 Å². The molecule has 1 aromatic rings. The Labute approximate surface area is 146 Å². The van der Waals surface area contributed by atoms with Gasteiger partial charge in [0.15, 0.2) is 0 Å². The van der Waals surface area contributed by atoms with Gasteiger partial charge < -0.3 is 20.7 Å². The Morgan fingerprint density at radius 1 is 1.40 bits per heavy atom. The summed E-state index contributed by atoms with van der Waals surface area (Å²) >= 11 is 0. The Bertz CT molecular complexity index is 766. The predicted octanol–water partition coefficient (Wildman–Crippen LogP) is 2.48. The smallest absolute Gasteiger partial charge is 0.341 e. The van der Waals surface area contributed by atoms with Gasteiger partial charge in [0.2, 0.25) is 0 Å². The quantitative estimate of drug-likeness (QED) is 0.430. The van der Waals surface area contributed by atoms with Crippen molar-refractivity contribution < 1.29 is 24.5 Å². The minimum Gasteiger partial charge on any atom is -0.481 e. The van der Waals surface area contributed by atoms with Gasteiger partial charge in [-0.1, -0.05) is 11.6 Å². The van der Waals surface area contributed by atoms with Crippen LogP contribution in [0.2, 0.25) is 0 Å². The Morgan fingerprint density at radius 2 is 2.16 bits per heavy atom. The predicted molar refractivity (Wildman–Crippen MR) is 92.0 cm³/mol. The number of carboxylic acid groups (broad SMARTS) is 1. The van der Waals surface area contributed by atoms with Crippen LogP contribution in [-0.4, -0.2) is 22.2 Å². The molecule has 1 aromatic carbocycles. The van der Waals surface area contributed by atoms with Crippen molar-refractivity contribution in [2.45, 2.75) is 52.2 Å². The van der Waals surface area contributed by atoms with Crippen LogP contribution in [0, 0.1) is 12.8 Å². The number of fused-ring (bicyclic) bond motifs is 1. The molecule has 1 fully saturated rings. The number of carbonyl (C=O) groups excluding carboxylic acids is 1. The van der Waals surface area contributed by atoms with E-state index >= 15 is 0 Å². The van der Waals surface area contributed by atoms with E-state index in [-0.39, 0.29) is 25.6 Å². The second kappa shape index (κ2) is 6.88. The van der Waals surface area contributed by atoms with Crippen molar-refractivity contribution in [2.75, 3.05) is 5.73 Å². The summed E-state index contributed by atoms with van der Waals surface area (Å²) in [5.74, 6) is -1.14. The molecule has 0 amide bonds. The first-order chi connectivity index (χ1) is 11.9. The molecule has 1 aliphatic carbocycles. The highest BCUT2D eigenvalue weighted by atomic mass is 16.5. The number of carbonyl (C=O) groups is 2. The lowest BCUT2D eigenvalue weighted by atomic mass is 9.89. The zero-order valence-electron chi connectivity index (χ0n) is 14.3. The van der Waals surface area contributed by atoms with Crippen molar-refractivity contribution in [3.63, 3.8) is 0 Å². The SMILES string of the molecule is Cc1c(CO)c(C/C=C2\CCC[C@H]2CC(=O)O)c(N)c2c1COC2=O. The van der Waals surface area contributed by atoms with Gasteiger partial charge in [-0.05, 0) is 55.2 Å². The first-order valence-electron chi connectivity index (χ1n) is 8.55. The molecular weight excluding hydrogens is 322 g/mol. The van der Waals surface area contributed by atoms with Crippen LogP contribution in [0.4, 0.5) is 5.69 Å². The number of hydrogen-bond donors (Lipinski definition) is 3. The van der Waals surface area contributed by atoms with Crippen LogP contribution < -0.4 is 5.73 Å². The average molecular weight is 345 g/mol. The van der Waals surface area contributed by atoms with E-state index in [1.807, 2.05) is 13.0 Å². The second-order valence-corrected chi connectivity index (χ2v) is 6.75. The second-order valence-electron chi connectivity index (χ2n) is 6.75. The maximum absolute atomic E-state index is 12.0. The summed E-state index contributed by atoms with van der Waals surface area (Å²) < 4.78 is 5.10. The molecule has 25 heavy (non-hydrogen) atoms. The van der Waals surface area contributed by atoms with Gasteiger partial charge >= 0.3 is 11.9 Å². The van der Waals surface area contributed by atoms with Crippen LogP contribution in [0.1, 0.15) is 58.3 Å². The Morgan fingerprint density at radius 3 is 2.84 bits per heavy atom. The number of hydrogen-bond acceptors (Lipinski definition) is 5. The van der Waals surface area contributed by atoms with E-state index in [0.717, 1.165) is 47.1 Å². The fourth-order valence-corrected chi connectivity index (χ4v) is 4.03. The summed E-state index contributed by atoms with van der Waals surface area (Å²) in [6, 6.07) is 0. The number of carboxylic acids is 1. The lowest BCUT2D eigenvalue weighted by molar-refractivity contribution is -0.137. The molecule has 134 valence electrons. The molecule has 3 rings (SSSR count). The molecule has 6 nitrogen and oxygen atoms in total. The summed E-state index contributed by atoms with van der Waals surface area (Å²) in [4.78, 5) is 23.0. The standard InChI is InChI=1S/C19H23NO5/c1-10-14(8-21)13(18(20)17-15(10)9-25-19(17)24)6-5-11-3-2-4-12(11)7-16(22)23/h5,12,21H,2-4,6-9,20H2,1H3,(H,22,23)/b11-5+/t12-/m0/s1. The lowest BCUT2D eigenvalue weighted by Gasteiger charge is -2.17. The number of cyclic esters (lactones) is 1. The molecule has 1 heterocycles. The highest BCUT2D eigenvalue weighted by molar-refractivity contribution is 6.00. The Kier molecular flexibility index (Phi) is 4.81. The van der Waals surface area contributed by atoms with Crippen molar-refractivity contribution in [3.8, 4) is 0 Å². The average Bonchev–Trinajstić information content (AvgIpc) is 3.15. The third-order valence-electron chi connectivity index (χ3n) is 5.41. The normalized spacial score (nSPS) is 20.8. The van der Waals surface area contributed by atoms with E-state index in [1.54, 1.807) is 0 Å². The number of nitrogen functional groups attached to an aromatic ring is 1. The van der Waals surface area contributed by atoms with Gasteiger partial charge in [0.25, 0.3) is 0 Å². The monoisotopic (exact) mass is 345 g/mol. The van der Waals surface area contributed by atoms with E-state index in [9.17, 15) is 14.7 Å². The number of allylic oxidation sites excluding steroid dienone is 2. The Balaban J connectivity index is 1.96. The topological polar surface area (TPSA) is 110 Å². The molecule has 6 heteroatoms. The molecule has 1 saturated carbocycles. The molecule has 1 aliphatic heterocycles. The van der Waals surface area contributed by atoms with E-state index in [4.69, 9.17) is 15.6 Å². The van der Waals surface area contributed by atoms with E-state index in [1.165, 1.54) is 0 Å². The number of aliphatic carboxylic acids is 1. The van der Waals surface area contributed by atoms with Crippen molar-refractivity contribution in [1.29, 1.82) is 0 Å². The molecule has 0 spiro atoms. The number of aliphatic hydroxyl groups is 1. The molecule has 0 unspecified atom stereocenters. The maximum Gasteiger partial charge on any atom is 0.341 e. The highest BCUT2D eigenvalue weighted by Gasteiger charge is 2.30. The van der Waals surface area contributed by atoms with Crippen LogP contribution in [0.15, 0.2) is 11.6 Å². The molecule has 2 aliphatic rings. The van der Waals surface area contributed by atoms with Crippen LogP contribution in [0.3, 0.4) is 0 Å². The minimum atomic E-state index is -0.788. The fraction of sp³-hybridized carbons (Fsp3) is 0.474. The van der Waals surface area contributed by atoms with Crippen molar-refractivity contribution in [2.24, 2.45) is 5.92 Å². The molecule has 0 bridgehead atoms.